The molecule has 1 heterocycles. The highest BCUT2D eigenvalue weighted by atomic mass is 35.5. The summed E-state index contributed by atoms with van der Waals surface area (Å²) in [5.41, 5.74) is 1.86. The SMILES string of the molecule is Cc1ccc(NS(C)(=O)=O)c(NC(=O)CCC2CCNCC2)c1.Cl. The molecule has 1 aliphatic heterocycles. The largest absolute Gasteiger partial charge is 0.324 e. The fourth-order valence-corrected chi connectivity index (χ4v) is 3.35. The number of hydrogen-bond acceptors (Lipinski definition) is 4. The first-order valence-electron chi connectivity index (χ1n) is 7.92. The number of sulfonamides is 1. The molecule has 24 heavy (non-hydrogen) atoms. The standard InChI is InChI=1S/C16H25N3O3S.ClH/c1-12-3-5-14(19-23(2,21)22)15(11-12)18-16(20)6-4-13-7-9-17-10-8-13;/h3,5,11,13,17,19H,4,6-10H2,1-2H3,(H,18,20);1H. The number of amides is 1. The molecule has 0 atom stereocenters. The van der Waals surface area contributed by atoms with Crippen molar-refractivity contribution >= 4 is 39.7 Å². The number of halogens is 1. The summed E-state index contributed by atoms with van der Waals surface area (Å²) in [7, 11) is -3.39. The van der Waals surface area contributed by atoms with E-state index in [4.69, 9.17) is 0 Å². The summed E-state index contributed by atoms with van der Waals surface area (Å²) >= 11 is 0. The number of aryl methyl sites for hydroxylation is 1. The van der Waals surface area contributed by atoms with Crippen LogP contribution in [0.2, 0.25) is 0 Å². The summed E-state index contributed by atoms with van der Waals surface area (Å²) in [5.74, 6) is 0.513. The van der Waals surface area contributed by atoms with Gasteiger partial charge in [0.2, 0.25) is 15.9 Å². The van der Waals surface area contributed by atoms with Crippen LogP contribution in [0.15, 0.2) is 18.2 Å². The van der Waals surface area contributed by atoms with Crippen LogP contribution in [-0.4, -0.2) is 33.7 Å². The summed E-state index contributed by atoms with van der Waals surface area (Å²) in [6.45, 7) is 3.94. The Morgan fingerprint density at radius 3 is 2.54 bits per heavy atom. The third-order valence-corrected chi connectivity index (χ3v) is 4.57. The van der Waals surface area contributed by atoms with Gasteiger partial charge in [0.1, 0.15) is 0 Å². The van der Waals surface area contributed by atoms with Crippen LogP contribution in [0.5, 0.6) is 0 Å². The second kappa shape index (κ2) is 9.25. The maximum atomic E-state index is 12.2. The van der Waals surface area contributed by atoms with E-state index in [1.54, 1.807) is 18.2 Å². The molecule has 136 valence electrons. The maximum absolute atomic E-state index is 12.2. The van der Waals surface area contributed by atoms with Gasteiger partial charge < -0.3 is 10.6 Å². The van der Waals surface area contributed by atoms with Crippen molar-refractivity contribution in [3.05, 3.63) is 23.8 Å². The van der Waals surface area contributed by atoms with Gasteiger partial charge in [-0.25, -0.2) is 8.42 Å². The van der Waals surface area contributed by atoms with Crippen molar-refractivity contribution in [1.82, 2.24) is 5.32 Å². The molecule has 3 N–H and O–H groups in total. The number of nitrogens with one attached hydrogen (secondary N) is 3. The highest BCUT2D eigenvalue weighted by molar-refractivity contribution is 7.92. The summed E-state index contributed by atoms with van der Waals surface area (Å²) in [6, 6.07) is 5.24. The van der Waals surface area contributed by atoms with E-state index in [1.807, 2.05) is 6.92 Å². The molecule has 2 rings (SSSR count). The third-order valence-electron chi connectivity index (χ3n) is 3.98. The molecule has 0 bridgehead atoms. The fourth-order valence-electron chi connectivity index (χ4n) is 2.77. The van der Waals surface area contributed by atoms with Gasteiger partial charge in [0.15, 0.2) is 0 Å². The van der Waals surface area contributed by atoms with Gasteiger partial charge in [0.25, 0.3) is 0 Å². The molecule has 0 saturated carbocycles. The minimum Gasteiger partial charge on any atom is -0.324 e. The van der Waals surface area contributed by atoms with Crippen molar-refractivity contribution in [3.63, 3.8) is 0 Å². The van der Waals surface area contributed by atoms with E-state index in [2.05, 4.69) is 15.4 Å². The molecule has 1 fully saturated rings. The minimum atomic E-state index is -3.39. The molecule has 8 heteroatoms. The van der Waals surface area contributed by atoms with Gasteiger partial charge >= 0.3 is 0 Å². The van der Waals surface area contributed by atoms with Gasteiger partial charge in [-0.05, 0) is 62.9 Å². The zero-order valence-electron chi connectivity index (χ0n) is 14.1. The lowest BCUT2D eigenvalue weighted by molar-refractivity contribution is -0.116. The Kier molecular flexibility index (Phi) is 7.99. The number of hydrogen-bond donors (Lipinski definition) is 3. The Labute approximate surface area is 150 Å². The summed E-state index contributed by atoms with van der Waals surface area (Å²) in [5, 5.41) is 6.14. The van der Waals surface area contributed by atoms with Crippen LogP contribution in [-0.2, 0) is 14.8 Å². The van der Waals surface area contributed by atoms with Crippen molar-refractivity contribution in [1.29, 1.82) is 0 Å². The highest BCUT2D eigenvalue weighted by Crippen LogP contribution is 2.25. The molecule has 0 aromatic heterocycles. The average molecular weight is 376 g/mol. The second-order valence-corrected chi connectivity index (χ2v) is 7.95. The lowest BCUT2D eigenvalue weighted by Crippen LogP contribution is -2.28. The second-order valence-electron chi connectivity index (χ2n) is 6.20. The number of anilines is 2. The van der Waals surface area contributed by atoms with Crippen LogP contribution in [0.25, 0.3) is 0 Å². The molecule has 1 aromatic rings. The first kappa shape index (κ1) is 20.7. The fraction of sp³-hybridized carbons (Fsp3) is 0.562. The summed E-state index contributed by atoms with van der Waals surface area (Å²) < 4.78 is 25.3. The van der Waals surface area contributed by atoms with Crippen molar-refractivity contribution < 1.29 is 13.2 Å². The Hall–Kier alpha value is -1.31. The van der Waals surface area contributed by atoms with Gasteiger partial charge in [-0.2, -0.15) is 0 Å². The average Bonchev–Trinajstić information content (AvgIpc) is 2.48. The van der Waals surface area contributed by atoms with Crippen molar-refractivity contribution in [2.45, 2.75) is 32.6 Å². The maximum Gasteiger partial charge on any atom is 0.229 e. The van der Waals surface area contributed by atoms with Crippen LogP contribution in [0, 0.1) is 12.8 Å². The van der Waals surface area contributed by atoms with E-state index in [1.165, 1.54) is 0 Å². The van der Waals surface area contributed by atoms with Gasteiger partial charge in [-0.3, -0.25) is 9.52 Å². The van der Waals surface area contributed by atoms with E-state index in [-0.39, 0.29) is 18.3 Å². The molecule has 1 aromatic carbocycles. The number of carbonyl (C=O) groups excluding carboxylic acids is 1. The van der Waals surface area contributed by atoms with E-state index in [9.17, 15) is 13.2 Å². The number of benzene rings is 1. The molecule has 0 radical (unpaired) electrons. The van der Waals surface area contributed by atoms with Crippen LogP contribution < -0.4 is 15.4 Å². The van der Waals surface area contributed by atoms with Gasteiger partial charge in [-0.1, -0.05) is 6.07 Å². The first-order valence-corrected chi connectivity index (χ1v) is 9.81. The summed E-state index contributed by atoms with van der Waals surface area (Å²) in [6.07, 6.45) is 4.64. The Morgan fingerprint density at radius 2 is 1.92 bits per heavy atom. The van der Waals surface area contributed by atoms with Crippen molar-refractivity contribution in [3.8, 4) is 0 Å². The van der Waals surface area contributed by atoms with Crippen LogP contribution in [0.4, 0.5) is 11.4 Å². The Bertz CT molecular complexity index is 659. The lowest BCUT2D eigenvalue weighted by atomic mass is 9.93. The number of carbonyl (C=O) groups is 1. The molecule has 1 aliphatic rings. The van der Waals surface area contributed by atoms with Gasteiger partial charge in [-0.15, -0.1) is 12.4 Å². The lowest BCUT2D eigenvalue weighted by Gasteiger charge is -2.22. The normalized spacial score (nSPS) is 15.4. The zero-order valence-corrected chi connectivity index (χ0v) is 15.7. The molecule has 1 saturated heterocycles. The predicted molar refractivity (Wildman–Crippen MR) is 100 cm³/mol. The highest BCUT2D eigenvalue weighted by Gasteiger charge is 2.15. The molecule has 1 amide bonds. The van der Waals surface area contributed by atoms with Gasteiger partial charge in [0, 0.05) is 6.42 Å². The quantitative estimate of drug-likeness (QED) is 0.712. The number of piperidine rings is 1. The van der Waals surface area contributed by atoms with Crippen LogP contribution in [0.3, 0.4) is 0 Å². The minimum absolute atomic E-state index is 0. The molecular weight excluding hydrogens is 350 g/mol. The summed E-state index contributed by atoms with van der Waals surface area (Å²) in [4.78, 5) is 12.2. The molecular formula is C16H26ClN3O3S. The molecule has 0 aliphatic carbocycles. The molecule has 6 nitrogen and oxygen atoms in total. The molecule has 0 spiro atoms. The van der Waals surface area contributed by atoms with Crippen molar-refractivity contribution in [2.24, 2.45) is 5.92 Å². The Balaban J connectivity index is 0.00000288. The topological polar surface area (TPSA) is 87.3 Å². The van der Waals surface area contributed by atoms with E-state index in [0.717, 1.165) is 44.2 Å². The van der Waals surface area contributed by atoms with Gasteiger partial charge in [0.05, 0.1) is 17.6 Å². The van der Waals surface area contributed by atoms with Crippen molar-refractivity contribution in [2.75, 3.05) is 29.4 Å². The zero-order chi connectivity index (χ0) is 16.9. The van der Waals surface area contributed by atoms with E-state index < -0.39 is 10.0 Å². The smallest absolute Gasteiger partial charge is 0.229 e. The molecule has 0 unspecified atom stereocenters. The van der Waals surface area contributed by atoms with E-state index in [0.29, 0.717) is 23.7 Å². The van der Waals surface area contributed by atoms with E-state index >= 15 is 0 Å². The first-order chi connectivity index (χ1) is 10.8. The Morgan fingerprint density at radius 1 is 1.25 bits per heavy atom. The number of rotatable bonds is 6. The van der Waals surface area contributed by atoms with Crippen LogP contribution >= 0.6 is 12.4 Å². The monoisotopic (exact) mass is 375 g/mol. The van der Waals surface area contributed by atoms with Crippen LogP contribution in [0.1, 0.15) is 31.2 Å². The third kappa shape index (κ3) is 7.07. The predicted octanol–water partition coefficient (Wildman–Crippen LogP) is 2.51.